The number of aromatic nitrogens is 2. The van der Waals surface area contributed by atoms with Crippen LogP contribution in [0.3, 0.4) is 0 Å². The van der Waals surface area contributed by atoms with Gasteiger partial charge in [0.25, 0.3) is 10.0 Å². The first-order chi connectivity index (χ1) is 10.5. The lowest BCUT2D eigenvalue weighted by molar-refractivity contribution is -0.130. The van der Waals surface area contributed by atoms with Crippen molar-refractivity contribution < 1.29 is 13.2 Å². The van der Waals surface area contributed by atoms with Gasteiger partial charge in [-0.25, -0.2) is 18.1 Å². The Morgan fingerprint density at radius 1 is 1.48 bits per heavy atom. The summed E-state index contributed by atoms with van der Waals surface area (Å²) >= 11 is 0. The van der Waals surface area contributed by atoms with Gasteiger partial charge >= 0.3 is 0 Å². The third kappa shape index (κ3) is 5.60. The van der Waals surface area contributed by atoms with Gasteiger partial charge in [-0.05, 0) is 18.9 Å². The number of nitrogens with zero attached hydrogens (tertiary/aromatic N) is 3. The minimum absolute atomic E-state index is 0.0319. The second-order valence-electron chi connectivity index (χ2n) is 6.50. The first-order valence-corrected chi connectivity index (χ1v) is 8.90. The van der Waals surface area contributed by atoms with Crippen LogP contribution in [0.5, 0.6) is 0 Å². The molecule has 9 heteroatoms. The van der Waals surface area contributed by atoms with Crippen molar-refractivity contribution in [3.63, 3.8) is 0 Å². The van der Waals surface area contributed by atoms with Crippen molar-refractivity contribution >= 4 is 15.9 Å². The number of amides is 1. The lowest BCUT2D eigenvalue weighted by Gasteiger charge is -2.29. The zero-order valence-electron chi connectivity index (χ0n) is 14.5. The van der Waals surface area contributed by atoms with E-state index in [1.165, 1.54) is 6.20 Å². The number of imidazole rings is 1. The number of carbonyl (C=O) groups excluding carboxylic acids is 1. The van der Waals surface area contributed by atoms with E-state index in [4.69, 9.17) is 5.73 Å². The van der Waals surface area contributed by atoms with Crippen molar-refractivity contribution in [2.45, 2.75) is 32.2 Å². The summed E-state index contributed by atoms with van der Waals surface area (Å²) < 4.78 is 28.2. The van der Waals surface area contributed by atoms with Crippen molar-refractivity contribution in [1.29, 1.82) is 0 Å². The molecule has 3 N–H and O–H groups in total. The SMILES string of the molecule is Cc1nc(S(=O)(=O)NCCC(=O)N(C)CC(C)(C)CN)cn1C. The van der Waals surface area contributed by atoms with Gasteiger partial charge in [-0.2, -0.15) is 0 Å². The summed E-state index contributed by atoms with van der Waals surface area (Å²) in [6.45, 7) is 6.69. The summed E-state index contributed by atoms with van der Waals surface area (Å²) in [7, 11) is -0.284. The van der Waals surface area contributed by atoms with Gasteiger partial charge in [-0.1, -0.05) is 13.8 Å². The molecular formula is C14H27N5O3S. The predicted molar refractivity (Wildman–Crippen MR) is 88.2 cm³/mol. The number of rotatable bonds is 8. The Labute approximate surface area is 138 Å². The lowest BCUT2D eigenvalue weighted by Crippen LogP contribution is -2.40. The molecular weight excluding hydrogens is 318 g/mol. The molecule has 0 aliphatic heterocycles. The molecule has 0 bridgehead atoms. The highest BCUT2D eigenvalue weighted by atomic mass is 32.2. The zero-order chi connectivity index (χ0) is 17.8. The molecule has 0 unspecified atom stereocenters. The molecule has 0 fully saturated rings. The van der Waals surface area contributed by atoms with E-state index < -0.39 is 10.0 Å². The Morgan fingerprint density at radius 3 is 2.57 bits per heavy atom. The van der Waals surface area contributed by atoms with Gasteiger partial charge in [0.1, 0.15) is 5.82 Å². The average Bonchev–Trinajstić information content (AvgIpc) is 2.78. The molecule has 1 rings (SSSR count). The van der Waals surface area contributed by atoms with Crippen LogP contribution >= 0.6 is 0 Å². The first-order valence-electron chi connectivity index (χ1n) is 7.42. The Kier molecular flexibility index (Phi) is 6.32. The van der Waals surface area contributed by atoms with Gasteiger partial charge in [0, 0.05) is 39.8 Å². The van der Waals surface area contributed by atoms with Gasteiger partial charge in [0.2, 0.25) is 5.91 Å². The molecule has 8 nitrogen and oxygen atoms in total. The highest BCUT2D eigenvalue weighted by molar-refractivity contribution is 7.89. The topological polar surface area (TPSA) is 110 Å². The maximum Gasteiger partial charge on any atom is 0.259 e. The average molecular weight is 345 g/mol. The number of sulfonamides is 1. The molecule has 1 heterocycles. The molecule has 23 heavy (non-hydrogen) atoms. The summed E-state index contributed by atoms with van der Waals surface area (Å²) in [6.07, 6.45) is 1.53. The zero-order valence-corrected chi connectivity index (χ0v) is 15.3. The number of carbonyl (C=O) groups is 1. The van der Waals surface area contributed by atoms with Crippen LogP contribution in [-0.4, -0.2) is 55.5 Å². The summed E-state index contributed by atoms with van der Waals surface area (Å²) in [4.78, 5) is 17.6. The van der Waals surface area contributed by atoms with Crippen LogP contribution in [0.1, 0.15) is 26.1 Å². The molecule has 132 valence electrons. The normalized spacial score (nSPS) is 12.4. The van der Waals surface area contributed by atoms with Crippen molar-refractivity contribution in [3.05, 3.63) is 12.0 Å². The van der Waals surface area contributed by atoms with Crippen LogP contribution in [0.15, 0.2) is 11.2 Å². The maximum atomic E-state index is 12.1. The van der Waals surface area contributed by atoms with Crippen LogP contribution in [0.25, 0.3) is 0 Å². The number of hydrogen-bond donors (Lipinski definition) is 2. The van der Waals surface area contributed by atoms with Crippen LogP contribution < -0.4 is 10.5 Å². The summed E-state index contributed by atoms with van der Waals surface area (Å²) in [5.41, 5.74) is 5.48. The maximum absolute atomic E-state index is 12.1. The van der Waals surface area contributed by atoms with E-state index in [9.17, 15) is 13.2 Å². The Bertz CT molecular complexity index is 632. The molecule has 1 amide bonds. The molecule has 0 aliphatic rings. The minimum atomic E-state index is -3.70. The molecule has 1 aromatic rings. The molecule has 0 aromatic carbocycles. The Morgan fingerprint density at radius 2 is 2.09 bits per heavy atom. The van der Waals surface area contributed by atoms with Gasteiger partial charge in [-0.3, -0.25) is 4.79 Å². The first kappa shape index (κ1) is 19.6. The number of aryl methyl sites for hydroxylation is 2. The fourth-order valence-electron chi connectivity index (χ4n) is 2.01. The summed E-state index contributed by atoms with van der Waals surface area (Å²) in [5, 5.41) is -0.0393. The molecule has 0 atom stereocenters. The highest BCUT2D eigenvalue weighted by Crippen LogP contribution is 2.14. The molecule has 0 radical (unpaired) electrons. The molecule has 0 aliphatic carbocycles. The van der Waals surface area contributed by atoms with E-state index in [-0.39, 0.29) is 29.3 Å². The largest absolute Gasteiger partial charge is 0.345 e. The van der Waals surface area contributed by atoms with E-state index in [2.05, 4.69) is 9.71 Å². The van der Waals surface area contributed by atoms with Crippen molar-refractivity contribution in [2.75, 3.05) is 26.7 Å². The Balaban J connectivity index is 2.54. The van der Waals surface area contributed by atoms with Crippen molar-refractivity contribution in [1.82, 2.24) is 19.2 Å². The highest BCUT2D eigenvalue weighted by Gasteiger charge is 2.22. The van der Waals surface area contributed by atoms with Gasteiger partial charge in [0.05, 0.1) is 0 Å². The summed E-state index contributed by atoms with van der Waals surface area (Å²) in [6, 6.07) is 0. The summed E-state index contributed by atoms with van der Waals surface area (Å²) in [5.74, 6) is 0.469. The smallest absolute Gasteiger partial charge is 0.259 e. The van der Waals surface area contributed by atoms with Crippen LogP contribution in [0.2, 0.25) is 0 Å². The quantitative estimate of drug-likeness (QED) is 0.680. The number of nitrogens with one attached hydrogen (secondary N) is 1. The van der Waals surface area contributed by atoms with Crippen LogP contribution in [0.4, 0.5) is 0 Å². The standard InChI is InChI=1S/C14H27N5O3S/c1-11-17-12(8-18(11)4)23(21,22)16-7-6-13(20)19(5)10-14(2,3)9-15/h8,16H,6-7,9-10,15H2,1-5H3. The predicted octanol–water partition coefficient (Wildman–Crippen LogP) is -0.160. The molecule has 1 aromatic heterocycles. The fraction of sp³-hybridized carbons (Fsp3) is 0.714. The van der Waals surface area contributed by atoms with Crippen molar-refractivity contribution in [2.24, 2.45) is 18.2 Å². The monoisotopic (exact) mass is 345 g/mol. The van der Waals surface area contributed by atoms with E-state index in [1.54, 1.807) is 30.5 Å². The number of hydrogen-bond acceptors (Lipinski definition) is 5. The molecule has 0 saturated heterocycles. The van der Waals surface area contributed by atoms with E-state index >= 15 is 0 Å². The van der Waals surface area contributed by atoms with Gasteiger partial charge in [0.15, 0.2) is 5.03 Å². The van der Waals surface area contributed by atoms with Gasteiger partial charge < -0.3 is 15.2 Å². The molecule has 0 saturated carbocycles. The number of nitrogens with two attached hydrogens (primary N) is 1. The lowest BCUT2D eigenvalue weighted by atomic mass is 9.93. The van der Waals surface area contributed by atoms with E-state index in [0.29, 0.717) is 18.9 Å². The van der Waals surface area contributed by atoms with Crippen LogP contribution in [-0.2, 0) is 21.9 Å². The Hall–Kier alpha value is -1.45. The third-order valence-electron chi connectivity index (χ3n) is 3.64. The molecule has 0 spiro atoms. The minimum Gasteiger partial charge on any atom is -0.345 e. The van der Waals surface area contributed by atoms with Crippen molar-refractivity contribution in [3.8, 4) is 0 Å². The second kappa shape index (κ2) is 7.41. The van der Waals surface area contributed by atoms with Gasteiger partial charge in [-0.15, -0.1) is 0 Å². The van der Waals surface area contributed by atoms with Crippen LogP contribution in [0, 0.1) is 12.3 Å². The fourth-order valence-corrected chi connectivity index (χ4v) is 3.08. The third-order valence-corrected chi connectivity index (χ3v) is 4.97. The second-order valence-corrected chi connectivity index (χ2v) is 8.22. The van der Waals surface area contributed by atoms with E-state index in [0.717, 1.165) is 0 Å². The van der Waals surface area contributed by atoms with E-state index in [1.807, 2.05) is 13.8 Å².